The summed E-state index contributed by atoms with van der Waals surface area (Å²) >= 11 is 3.43. The fraction of sp³-hybridized carbons (Fsp3) is 0. The molecule has 0 amide bonds. The maximum atomic E-state index is 5.08. The van der Waals surface area contributed by atoms with Crippen LogP contribution in [-0.2, 0) is 0 Å². The molecule has 16 aromatic rings. The van der Waals surface area contributed by atoms with Crippen LogP contribution in [0.5, 0.6) is 0 Å². The molecule has 0 bridgehead atoms. The van der Waals surface area contributed by atoms with Crippen LogP contribution in [0.15, 0.2) is 333 Å². The Morgan fingerprint density at radius 3 is 1.00 bits per heavy atom. The van der Waals surface area contributed by atoms with E-state index in [-0.39, 0.29) is 0 Å². The van der Waals surface area contributed by atoms with E-state index in [0.29, 0.717) is 0 Å². The van der Waals surface area contributed by atoms with Gasteiger partial charge in [-0.25, -0.2) is 29.9 Å². The van der Waals surface area contributed by atoms with E-state index < -0.39 is 0 Å². The quantitative estimate of drug-likeness (QED) is 0.137. The average Bonchev–Trinajstić information content (AvgIpc) is 3.10. The Kier molecular flexibility index (Phi) is 15.8. The third-order valence-electron chi connectivity index (χ3n) is 15.2. The summed E-state index contributed by atoms with van der Waals surface area (Å²) in [6.07, 6.45) is 8.13. The van der Waals surface area contributed by atoms with Crippen molar-refractivity contribution in [2.24, 2.45) is 0 Å². The molecule has 10 aromatic carbocycles. The molecule has 0 spiro atoms. The molecular formula is C78H55BrN10. The van der Waals surface area contributed by atoms with E-state index in [9.17, 15) is 0 Å². The number of rotatable bonds is 11. The van der Waals surface area contributed by atoms with Gasteiger partial charge in [0.15, 0.2) is 0 Å². The Morgan fingerprint density at radius 2 is 0.584 bits per heavy atom. The molecule has 89 heavy (non-hydrogen) atoms. The van der Waals surface area contributed by atoms with Crippen LogP contribution in [0.4, 0.5) is 28.4 Å². The maximum absolute atomic E-state index is 5.08. The molecule has 0 aliphatic carbocycles. The Balaban J connectivity index is 0.000000131. The van der Waals surface area contributed by atoms with E-state index in [1.54, 1.807) is 0 Å². The van der Waals surface area contributed by atoms with E-state index in [2.05, 4.69) is 183 Å². The van der Waals surface area contributed by atoms with Gasteiger partial charge in [-0.05, 0) is 121 Å². The second-order valence-corrected chi connectivity index (χ2v) is 22.0. The maximum Gasteiger partial charge on any atom is 0.137 e. The Morgan fingerprint density at radius 1 is 0.270 bits per heavy atom. The minimum Gasteiger partial charge on any atom is -0.356 e. The van der Waals surface area contributed by atoms with Crippen LogP contribution in [0.25, 0.3) is 101 Å². The van der Waals surface area contributed by atoms with Crippen molar-refractivity contribution in [3.8, 4) is 67.5 Å². The summed E-state index contributed by atoms with van der Waals surface area (Å²) < 4.78 is 5.15. The molecule has 0 saturated carbocycles. The minimum atomic E-state index is 0.865. The van der Waals surface area contributed by atoms with Gasteiger partial charge in [0.05, 0.1) is 56.2 Å². The number of halogens is 1. The van der Waals surface area contributed by atoms with Gasteiger partial charge in [0.1, 0.15) is 11.3 Å². The number of fused-ring (bicyclic) bond motifs is 4. The van der Waals surface area contributed by atoms with Crippen molar-refractivity contribution in [2.45, 2.75) is 0 Å². The smallest absolute Gasteiger partial charge is 0.137 e. The predicted octanol–water partition coefficient (Wildman–Crippen LogP) is 20.2. The number of para-hydroxylation sites is 6. The van der Waals surface area contributed by atoms with Crippen molar-refractivity contribution < 1.29 is 0 Å². The van der Waals surface area contributed by atoms with E-state index >= 15 is 0 Å². The number of hydrogen-bond acceptors (Lipinski definition) is 8. The van der Waals surface area contributed by atoms with Gasteiger partial charge in [-0.1, -0.05) is 198 Å². The molecule has 11 heteroatoms. The first-order valence-corrected chi connectivity index (χ1v) is 30.1. The third kappa shape index (κ3) is 12.4. The van der Waals surface area contributed by atoms with Crippen LogP contribution in [0.3, 0.4) is 0 Å². The van der Waals surface area contributed by atoms with Crippen LogP contribution in [0.1, 0.15) is 0 Å². The van der Waals surface area contributed by atoms with Gasteiger partial charge in [0.2, 0.25) is 0 Å². The molecule has 0 aliphatic heterocycles. The van der Waals surface area contributed by atoms with Gasteiger partial charge < -0.3 is 19.0 Å². The number of hydrogen-bond donors (Lipinski definition) is 1. The largest absolute Gasteiger partial charge is 0.356 e. The Bertz CT molecular complexity index is 4960. The average molecular weight is 1210 g/mol. The van der Waals surface area contributed by atoms with Crippen LogP contribution in [0, 0.1) is 0 Å². The zero-order valence-electron chi connectivity index (χ0n) is 48.1. The van der Waals surface area contributed by atoms with Crippen molar-refractivity contribution in [1.29, 1.82) is 0 Å². The summed E-state index contributed by atoms with van der Waals surface area (Å²) in [7, 11) is 0. The van der Waals surface area contributed by atoms with Crippen molar-refractivity contribution >= 4 is 77.7 Å². The molecule has 0 aliphatic rings. The number of imidazole rings is 2. The number of anilines is 5. The number of benzene rings is 10. The monoisotopic (exact) mass is 1210 g/mol. The molecule has 6 aromatic heterocycles. The topological polar surface area (TPSA) is 101 Å². The fourth-order valence-corrected chi connectivity index (χ4v) is 11.0. The highest BCUT2D eigenvalue weighted by atomic mass is 79.9. The zero-order chi connectivity index (χ0) is 59.7. The van der Waals surface area contributed by atoms with Crippen LogP contribution in [-0.4, -0.2) is 38.7 Å². The Hall–Kier alpha value is -11.7. The van der Waals surface area contributed by atoms with Crippen molar-refractivity contribution in [2.75, 3.05) is 10.2 Å². The SMILES string of the molecule is Brc1ccc(-c2cn3ccccc3n2)cc1.c1ccc(-c2nc3ccccc3nc2-c2ccc(N(c3ccccc3)c3ccc(-c4cn5ccccc5n4)cc3)cc2)cc1.c1ccc(Nc2ccc(-c3nc4ccccc4nc3-c3ccccc3)cc2)cc1. The molecule has 0 atom stereocenters. The normalized spacial score (nSPS) is 11.0. The van der Waals surface area contributed by atoms with E-state index in [1.807, 2.05) is 185 Å². The predicted molar refractivity (Wildman–Crippen MR) is 368 cm³/mol. The van der Waals surface area contributed by atoms with Gasteiger partial charge in [-0.2, -0.15) is 0 Å². The summed E-state index contributed by atoms with van der Waals surface area (Å²) in [6.45, 7) is 0. The number of aromatic nitrogens is 8. The first-order valence-electron chi connectivity index (χ1n) is 29.3. The molecular weight excluding hydrogens is 1160 g/mol. The zero-order valence-corrected chi connectivity index (χ0v) is 49.7. The molecule has 424 valence electrons. The van der Waals surface area contributed by atoms with Gasteiger partial charge in [0, 0.05) is 91.1 Å². The molecule has 0 saturated heterocycles. The van der Waals surface area contributed by atoms with E-state index in [4.69, 9.17) is 24.9 Å². The summed E-state index contributed by atoms with van der Waals surface area (Å²) in [5.41, 5.74) is 22.6. The lowest BCUT2D eigenvalue weighted by molar-refractivity contribution is 1.19. The fourth-order valence-electron chi connectivity index (χ4n) is 10.7. The second kappa shape index (κ2) is 25.5. The lowest BCUT2D eigenvalue weighted by Crippen LogP contribution is -2.09. The third-order valence-corrected chi connectivity index (χ3v) is 15.7. The highest BCUT2D eigenvalue weighted by Gasteiger charge is 2.18. The lowest BCUT2D eigenvalue weighted by Gasteiger charge is -2.26. The molecule has 0 unspecified atom stereocenters. The number of pyridine rings is 2. The summed E-state index contributed by atoms with van der Waals surface area (Å²) in [4.78, 5) is 31.6. The highest BCUT2D eigenvalue weighted by molar-refractivity contribution is 9.10. The van der Waals surface area contributed by atoms with E-state index in [1.165, 1.54) is 0 Å². The van der Waals surface area contributed by atoms with Gasteiger partial charge >= 0.3 is 0 Å². The first kappa shape index (κ1) is 55.2. The molecule has 1 N–H and O–H groups in total. The Labute approximate surface area is 523 Å². The summed E-state index contributed by atoms with van der Waals surface area (Å²) in [5.74, 6) is 0. The highest BCUT2D eigenvalue weighted by Crippen LogP contribution is 2.39. The second-order valence-electron chi connectivity index (χ2n) is 21.1. The molecule has 10 nitrogen and oxygen atoms in total. The molecule has 16 rings (SSSR count). The standard InChI is InChI=1S/C39H27N5.C26H19N3.C13H9BrN2/c1-3-11-29(12-4-1)38-39(42-35-16-8-7-15-34(35)41-38)30-20-24-33(25-21-30)44(31-13-5-2-6-14-31)32-22-18-28(19-23-32)36-27-43-26-10-9-17-37(43)40-36;1-3-9-19(10-4-1)25-26(29-24-14-8-7-13-23(24)28-25)20-15-17-22(18-16-20)27-21-11-5-2-6-12-21;14-11-6-4-10(5-7-11)12-9-16-8-2-1-3-13(16)15-12/h1-27H;1-18,27H;1-9H. The molecule has 0 fully saturated rings. The van der Waals surface area contributed by atoms with Crippen LogP contribution >= 0.6 is 15.9 Å². The number of nitrogens with one attached hydrogen (secondary N) is 1. The first-order chi connectivity index (χ1) is 44.0. The van der Waals surface area contributed by atoms with Crippen molar-refractivity contribution in [3.05, 3.63) is 333 Å². The van der Waals surface area contributed by atoms with Crippen LogP contribution in [0.2, 0.25) is 0 Å². The minimum absolute atomic E-state index is 0.865. The van der Waals surface area contributed by atoms with Crippen molar-refractivity contribution in [3.63, 3.8) is 0 Å². The van der Waals surface area contributed by atoms with Gasteiger partial charge in [-0.15, -0.1) is 0 Å². The summed E-state index contributed by atoms with van der Waals surface area (Å²) in [6, 6.07) is 103. The van der Waals surface area contributed by atoms with Gasteiger partial charge in [0.25, 0.3) is 0 Å². The van der Waals surface area contributed by atoms with Gasteiger partial charge in [-0.3, -0.25) is 0 Å². The molecule has 0 radical (unpaired) electrons. The lowest BCUT2D eigenvalue weighted by atomic mass is 10.0. The molecule has 6 heterocycles. The van der Waals surface area contributed by atoms with E-state index in [0.717, 1.165) is 134 Å². The number of nitrogens with zero attached hydrogens (tertiary/aromatic N) is 9. The van der Waals surface area contributed by atoms with Crippen LogP contribution < -0.4 is 10.2 Å². The summed E-state index contributed by atoms with van der Waals surface area (Å²) in [5, 5.41) is 3.42. The van der Waals surface area contributed by atoms with Crippen molar-refractivity contribution in [1.82, 2.24) is 38.7 Å².